The lowest BCUT2D eigenvalue weighted by molar-refractivity contribution is -0.123. The number of fused-ring (bicyclic) bond motifs is 1. The summed E-state index contributed by atoms with van der Waals surface area (Å²) < 4.78 is 60.4. The Morgan fingerprint density at radius 1 is 1.07 bits per heavy atom. The molecule has 0 bridgehead atoms. The van der Waals surface area contributed by atoms with Crippen LogP contribution in [0.15, 0.2) is 42.7 Å². The number of carboxylic acid groups (broad SMARTS) is 1. The van der Waals surface area contributed by atoms with Crippen LogP contribution in [0, 0.1) is 11.6 Å². The molecule has 2 aliphatic heterocycles. The van der Waals surface area contributed by atoms with Crippen LogP contribution in [0.3, 0.4) is 0 Å². The molecular weight excluding hydrogens is 767 g/mol. The summed E-state index contributed by atoms with van der Waals surface area (Å²) in [6.45, 7) is -1.12. The predicted octanol–water partition coefficient (Wildman–Crippen LogP) is 1.29. The van der Waals surface area contributed by atoms with E-state index in [0.29, 0.717) is 21.0 Å². The van der Waals surface area contributed by atoms with Crippen molar-refractivity contribution in [2.24, 2.45) is 0 Å². The third-order valence-electron chi connectivity index (χ3n) is 8.14. The van der Waals surface area contributed by atoms with Crippen LogP contribution in [0.5, 0.6) is 17.2 Å². The predicted molar refractivity (Wildman–Crippen MR) is 182 cm³/mol. The third kappa shape index (κ3) is 8.32. The van der Waals surface area contributed by atoms with Crippen LogP contribution in [-0.2, 0) is 21.2 Å². The summed E-state index contributed by atoms with van der Waals surface area (Å²) in [4.78, 5) is 68.2. The quantitative estimate of drug-likeness (QED) is 0.0773. The lowest BCUT2D eigenvalue weighted by atomic mass is 9.72. The van der Waals surface area contributed by atoms with Gasteiger partial charge in [0.1, 0.15) is 23.2 Å². The SMILES string of the molecule is O=C(NCCCS(=O)(=O)N1CCN(C(=O)NC(C(=O)N[C@H]2Cc3ccc(F)c(C(=O)O)c3OB2O)c2cc(F)c(O)c(O)c2Cl)C1=O)Nc1ccncc1. The summed E-state index contributed by atoms with van der Waals surface area (Å²) in [5.41, 5.74) is -1.06. The van der Waals surface area contributed by atoms with Gasteiger partial charge in [-0.25, -0.2) is 45.6 Å². The van der Waals surface area contributed by atoms with Crippen molar-refractivity contribution in [3.05, 3.63) is 76.1 Å². The van der Waals surface area contributed by atoms with Crippen LogP contribution in [-0.4, -0.2) is 111 Å². The number of urea groups is 3. The highest BCUT2D eigenvalue weighted by Gasteiger charge is 2.43. The lowest BCUT2D eigenvalue weighted by Gasteiger charge is -2.31. The molecule has 1 unspecified atom stereocenters. The van der Waals surface area contributed by atoms with Crippen molar-refractivity contribution in [3.63, 3.8) is 0 Å². The molecule has 24 heteroatoms. The van der Waals surface area contributed by atoms with Gasteiger partial charge in [0.25, 0.3) is 0 Å². The van der Waals surface area contributed by atoms with Gasteiger partial charge in [0.05, 0.1) is 29.8 Å². The maximum absolute atomic E-state index is 14.6. The van der Waals surface area contributed by atoms with Crippen LogP contribution >= 0.6 is 11.6 Å². The molecule has 2 atom stereocenters. The van der Waals surface area contributed by atoms with E-state index in [1.54, 1.807) is 0 Å². The van der Waals surface area contributed by atoms with Crippen LogP contribution in [0.25, 0.3) is 0 Å². The van der Waals surface area contributed by atoms with E-state index in [0.717, 1.165) is 12.1 Å². The number of benzene rings is 2. The second kappa shape index (κ2) is 16.0. The molecule has 1 aromatic heterocycles. The molecule has 1 saturated heterocycles. The number of aromatic carboxylic acids is 1. The molecule has 5 rings (SSSR count). The number of hydrogen-bond acceptors (Lipinski definition) is 12. The number of phenolic OH excluding ortho intramolecular Hbond substituents is 2. The Balaban J connectivity index is 1.28. The van der Waals surface area contributed by atoms with Crippen molar-refractivity contribution in [1.29, 1.82) is 0 Å². The summed E-state index contributed by atoms with van der Waals surface area (Å²) >= 11 is 6.11. The monoisotopic (exact) mass is 795 g/mol. The van der Waals surface area contributed by atoms with Crippen molar-refractivity contribution in [3.8, 4) is 17.2 Å². The Hall–Kier alpha value is -5.94. The van der Waals surface area contributed by atoms with Gasteiger partial charge in [-0.05, 0) is 42.7 Å². The Labute approximate surface area is 309 Å². The van der Waals surface area contributed by atoms with Crippen LogP contribution in [0.2, 0.25) is 5.02 Å². The molecule has 1 fully saturated rings. The summed E-state index contributed by atoms with van der Waals surface area (Å²) in [5.74, 6) is -10.7. The highest BCUT2D eigenvalue weighted by Crippen LogP contribution is 2.41. The topological polar surface area (TPSA) is 277 Å². The fraction of sp³-hybridized carbons (Fsp3) is 0.267. The standard InChI is InChI=1S/C30H29BClF2N7O12S/c32-21-16(13-18(34)23(42)24(21)43)22(26(44)38-19-12-14-2-3-17(33)20(27(45)46)25(14)53-31(19)50)39-29(48)40-9-10-41(30(40)49)54(51,52)11-1-6-36-28(47)37-15-4-7-35-8-5-15/h2-5,7-8,13,19,22,42-43,50H,1,6,9-12H2,(H,38,44)(H,39,48)(H,45,46)(H2,35,36,37,47)/t19-,22?/m0/s1. The highest BCUT2D eigenvalue weighted by molar-refractivity contribution is 7.89. The minimum Gasteiger partial charge on any atom is -0.534 e. The second-order valence-corrected chi connectivity index (χ2v) is 14.1. The molecule has 19 nitrogen and oxygen atoms in total. The molecule has 3 aromatic rings. The number of hydrogen-bond donors (Lipinski definition) is 8. The second-order valence-electron chi connectivity index (χ2n) is 11.7. The van der Waals surface area contributed by atoms with Gasteiger partial charge in [0, 0.05) is 30.2 Å². The van der Waals surface area contributed by atoms with E-state index in [1.165, 1.54) is 24.5 Å². The summed E-state index contributed by atoms with van der Waals surface area (Å²) in [6.07, 6.45) is 2.41. The smallest absolute Gasteiger partial charge is 0.534 e. The zero-order valence-electron chi connectivity index (χ0n) is 27.5. The number of imide groups is 1. The van der Waals surface area contributed by atoms with E-state index < -0.39 is 123 Å². The van der Waals surface area contributed by atoms with Gasteiger partial charge in [0.2, 0.25) is 15.9 Å². The first-order chi connectivity index (χ1) is 25.5. The Morgan fingerprint density at radius 2 is 1.78 bits per heavy atom. The van der Waals surface area contributed by atoms with Crippen molar-refractivity contribution in [2.45, 2.75) is 24.8 Å². The fourth-order valence-electron chi connectivity index (χ4n) is 5.48. The molecule has 0 radical (unpaired) electrons. The molecule has 8 N–H and O–H groups in total. The summed E-state index contributed by atoms with van der Waals surface area (Å²) in [6, 6.07) is 0.0638. The largest absolute Gasteiger partial charge is 0.547 e. The molecule has 54 heavy (non-hydrogen) atoms. The molecule has 3 heterocycles. The van der Waals surface area contributed by atoms with E-state index in [9.17, 15) is 61.5 Å². The number of carbonyl (C=O) groups is 5. The Bertz CT molecular complexity index is 2120. The molecule has 2 aromatic carbocycles. The van der Waals surface area contributed by atoms with Crippen LogP contribution in [0.4, 0.5) is 28.9 Å². The number of phenols is 2. The Morgan fingerprint density at radius 3 is 2.46 bits per heavy atom. The number of anilines is 1. The zero-order valence-corrected chi connectivity index (χ0v) is 29.0. The number of pyridine rings is 1. The number of nitrogens with zero attached hydrogens (tertiary/aromatic N) is 3. The van der Waals surface area contributed by atoms with Crippen molar-refractivity contribution < 1.29 is 66.2 Å². The zero-order chi connectivity index (χ0) is 39.5. The summed E-state index contributed by atoms with van der Waals surface area (Å²) in [5, 5.41) is 48.6. The number of amides is 7. The average Bonchev–Trinajstić information content (AvgIpc) is 3.52. The number of halogens is 3. The van der Waals surface area contributed by atoms with Gasteiger partial charge in [-0.3, -0.25) is 9.78 Å². The van der Waals surface area contributed by atoms with Crippen molar-refractivity contribution in [2.75, 3.05) is 30.7 Å². The fourth-order valence-corrected chi connectivity index (χ4v) is 7.16. The number of rotatable bonds is 11. The molecular formula is C30H29BClF2N7O12S. The van der Waals surface area contributed by atoms with Gasteiger partial charge in [-0.15, -0.1) is 0 Å². The normalized spacial score (nSPS) is 15.9. The van der Waals surface area contributed by atoms with Crippen molar-refractivity contribution >= 4 is 64.4 Å². The van der Waals surface area contributed by atoms with Gasteiger partial charge in [-0.2, -0.15) is 0 Å². The molecule has 2 aliphatic rings. The number of aromatic hydroxyl groups is 2. The average molecular weight is 796 g/mol. The minimum atomic E-state index is -4.34. The third-order valence-corrected chi connectivity index (χ3v) is 10.4. The number of carbonyl (C=O) groups excluding carboxylic acids is 4. The first-order valence-corrected chi connectivity index (χ1v) is 17.7. The van der Waals surface area contributed by atoms with E-state index in [-0.39, 0.29) is 24.9 Å². The first kappa shape index (κ1) is 39.3. The minimum absolute atomic E-state index is 0.0457. The van der Waals surface area contributed by atoms with E-state index in [4.69, 9.17) is 16.3 Å². The van der Waals surface area contributed by atoms with Gasteiger partial charge < -0.3 is 46.3 Å². The summed E-state index contributed by atoms with van der Waals surface area (Å²) in [7, 11) is -6.34. The number of sulfonamides is 1. The number of carboxylic acids is 1. The highest BCUT2D eigenvalue weighted by atomic mass is 35.5. The molecule has 0 aliphatic carbocycles. The van der Waals surface area contributed by atoms with Gasteiger partial charge in [-0.1, -0.05) is 17.7 Å². The maximum Gasteiger partial charge on any atom is 0.547 e. The molecule has 0 saturated carbocycles. The maximum atomic E-state index is 14.6. The van der Waals surface area contributed by atoms with E-state index in [2.05, 4.69) is 26.3 Å². The first-order valence-electron chi connectivity index (χ1n) is 15.7. The van der Waals surface area contributed by atoms with Crippen LogP contribution < -0.4 is 25.9 Å². The van der Waals surface area contributed by atoms with Gasteiger partial charge in [0.15, 0.2) is 17.3 Å². The molecule has 286 valence electrons. The van der Waals surface area contributed by atoms with Crippen molar-refractivity contribution in [1.82, 2.24) is 30.1 Å². The van der Waals surface area contributed by atoms with E-state index in [1.807, 2.05) is 0 Å². The van der Waals surface area contributed by atoms with Crippen LogP contribution in [0.1, 0.15) is 33.9 Å². The Kier molecular flexibility index (Phi) is 11.6. The number of nitrogens with one attached hydrogen (secondary N) is 4. The number of aromatic nitrogens is 1. The molecule has 0 spiro atoms. The lowest BCUT2D eigenvalue weighted by Crippen LogP contribution is -2.56. The van der Waals surface area contributed by atoms with E-state index >= 15 is 0 Å². The van der Waals surface area contributed by atoms with Gasteiger partial charge >= 0.3 is 31.2 Å². The molecule has 7 amide bonds.